The zero-order valence-corrected chi connectivity index (χ0v) is 11.9. The van der Waals surface area contributed by atoms with Crippen LogP contribution in [-0.2, 0) is 4.79 Å². The number of aromatic nitrogens is 1. The van der Waals surface area contributed by atoms with Crippen molar-refractivity contribution in [2.75, 3.05) is 17.7 Å². The van der Waals surface area contributed by atoms with E-state index in [1.807, 2.05) is 13.8 Å². The Labute approximate surface area is 116 Å². The molecule has 1 unspecified atom stereocenters. The molecule has 0 aromatic carbocycles. The van der Waals surface area contributed by atoms with Crippen LogP contribution in [0, 0.1) is 5.92 Å². The summed E-state index contributed by atoms with van der Waals surface area (Å²) in [5, 5.41) is 6.52. The van der Waals surface area contributed by atoms with E-state index in [1.54, 1.807) is 13.1 Å². The molecule has 100 valence electrons. The number of nitrogens with one attached hydrogen (secondary N) is 2. The van der Waals surface area contributed by atoms with Crippen molar-refractivity contribution in [3.05, 3.63) is 16.1 Å². The van der Waals surface area contributed by atoms with Crippen LogP contribution in [0.4, 0.5) is 11.6 Å². The fourth-order valence-electron chi connectivity index (χ4n) is 1.46. The predicted molar refractivity (Wildman–Crippen MR) is 75.2 cm³/mol. The first-order chi connectivity index (χ1) is 8.36. The third-order valence-corrected chi connectivity index (χ3v) is 3.01. The normalized spacial score (nSPS) is 12.3. The molecule has 5 nitrogen and oxygen atoms in total. The van der Waals surface area contributed by atoms with Gasteiger partial charge in [-0.05, 0) is 12.0 Å². The predicted octanol–water partition coefficient (Wildman–Crippen LogP) is 2.35. The lowest BCUT2D eigenvalue weighted by Crippen LogP contribution is -2.39. The lowest BCUT2D eigenvalue weighted by Gasteiger charge is -2.20. The summed E-state index contributed by atoms with van der Waals surface area (Å²) < 4.78 is 0. The lowest BCUT2D eigenvalue weighted by atomic mass is 10.0. The SMILES string of the molecule is CNc1nc(NC(C(N)=O)C(C)C)c(Cl)cc1Cl. The van der Waals surface area contributed by atoms with E-state index < -0.39 is 11.9 Å². The van der Waals surface area contributed by atoms with Gasteiger partial charge in [0.1, 0.15) is 17.7 Å². The second kappa shape index (κ2) is 6.11. The second-order valence-corrected chi connectivity index (χ2v) is 4.98. The van der Waals surface area contributed by atoms with Gasteiger partial charge in [0.2, 0.25) is 5.91 Å². The molecule has 0 saturated carbocycles. The van der Waals surface area contributed by atoms with Crippen molar-refractivity contribution in [3.8, 4) is 0 Å². The van der Waals surface area contributed by atoms with Crippen molar-refractivity contribution in [1.29, 1.82) is 0 Å². The van der Waals surface area contributed by atoms with Gasteiger partial charge in [0.05, 0.1) is 10.0 Å². The average molecular weight is 291 g/mol. The zero-order chi connectivity index (χ0) is 13.9. The van der Waals surface area contributed by atoms with E-state index in [0.29, 0.717) is 21.7 Å². The van der Waals surface area contributed by atoms with E-state index in [1.165, 1.54) is 0 Å². The number of primary amides is 1. The fourth-order valence-corrected chi connectivity index (χ4v) is 1.96. The number of carbonyl (C=O) groups is 1. The van der Waals surface area contributed by atoms with Crippen LogP contribution in [0.5, 0.6) is 0 Å². The van der Waals surface area contributed by atoms with Crippen molar-refractivity contribution < 1.29 is 4.79 Å². The van der Waals surface area contributed by atoms with Gasteiger partial charge in [0.25, 0.3) is 0 Å². The maximum absolute atomic E-state index is 11.3. The fraction of sp³-hybridized carbons (Fsp3) is 0.455. The van der Waals surface area contributed by atoms with Crippen LogP contribution in [0.1, 0.15) is 13.8 Å². The first-order valence-electron chi connectivity index (χ1n) is 5.46. The van der Waals surface area contributed by atoms with Crippen molar-refractivity contribution in [2.24, 2.45) is 11.7 Å². The number of rotatable bonds is 5. The van der Waals surface area contributed by atoms with Crippen LogP contribution in [0.15, 0.2) is 6.07 Å². The highest BCUT2D eigenvalue weighted by molar-refractivity contribution is 6.37. The van der Waals surface area contributed by atoms with Gasteiger partial charge in [-0.2, -0.15) is 0 Å². The maximum Gasteiger partial charge on any atom is 0.240 e. The Balaban J connectivity index is 3.06. The van der Waals surface area contributed by atoms with Crippen LogP contribution >= 0.6 is 23.2 Å². The first-order valence-corrected chi connectivity index (χ1v) is 6.22. The van der Waals surface area contributed by atoms with Gasteiger partial charge in [-0.3, -0.25) is 4.79 Å². The van der Waals surface area contributed by atoms with Crippen LogP contribution in [0.2, 0.25) is 10.0 Å². The standard InChI is InChI=1S/C11H16Cl2N4O/c1-5(2)8(9(14)18)16-11-7(13)4-6(12)10(15-3)17-11/h4-5,8H,1-3H3,(H2,14,18)(H2,15,16,17). The summed E-state index contributed by atoms with van der Waals surface area (Å²) in [6, 6.07) is 1.02. The van der Waals surface area contributed by atoms with Crippen molar-refractivity contribution in [3.63, 3.8) is 0 Å². The topological polar surface area (TPSA) is 80.0 Å². The van der Waals surface area contributed by atoms with Gasteiger partial charge in [-0.1, -0.05) is 37.0 Å². The summed E-state index contributed by atoms with van der Waals surface area (Å²) in [5.74, 6) is 0.427. The summed E-state index contributed by atoms with van der Waals surface area (Å²) in [6.07, 6.45) is 0. The average Bonchev–Trinajstić information content (AvgIpc) is 2.26. The highest BCUT2D eigenvalue weighted by Crippen LogP contribution is 2.29. The van der Waals surface area contributed by atoms with E-state index in [2.05, 4.69) is 15.6 Å². The van der Waals surface area contributed by atoms with E-state index in [4.69, 9.17) is 28.9 Å². The number of hydrogen-bond donors (Lipinski definition) is 3. The molecular formula is C11H16Cl2N4O. The van der Waals surface area contributed by atoms with Gasteiger partial charge >= 0.3 is 0 Å². The van der Waals surface area contributed by atoms with Gasteiger partial charge in [0.15, 0.2) is 0 Å². The highest BCUT2D eigenvalue weighted by atomic mass is 35.5. The molecule has 0 saturated heterocycles. The molecule has 18 heavy (non-hydrogen) atoms. The summed E-state index contributed by atoms with van der Waals surface area (Å²) in [5.41, 5.74) is 5.32. The van der Waals surface area contributed by atoms with Crippen LogP contribution in [0.25, 0.3) is 0 Å². The Morgan fingerprint density at radius 3 is 2.33 bits per heavy atom. The minimum atomic E-state index is -0.541. The third-order valence-electron chi connectivity index (χ3n) is 2.43. The molecule has 0 bridgehead atoms. The monoisotopic (exact) mass is 290 g/mol. The molecule has 0 aliphatic carbocycles. The number of anilines is 2. The van der Waals surface area contributed by atoms with Crippen molar-refractivity contribution >= 4 is 40.7 Å². The number of halogens is 2. The number of amides is 1. The van der Waals surface area contributed by atoms with E-state index in [0.717, 1.165) is 0 Å². The molecule has 4 N–H and O–H groups in total. The molecule has 7 heteroatoms. The Morgan fingerprint density at radius 1 is 1.33 bits per heavy atom. The summed E-state index contributed by atoms with van der Waals surface area (Å²) in [4.78, 5) is 15.5. The van der Waals surface area contributed by atoms with Crippen LogP contribution in [-0.4, -0.2) is 24.0 Å². The van der Waals surface area contributed by atoms with E-state index in [-0.39, 0.29) is 5.92 Å². The number of nitrogens with two attached hydrogens (primary N) is 1. The molecule has 1 aromatic heterocycles. The number of carbonyl (C=O) groups excluding carboxylic acids is 1. The number of nitrogens with zero attached hydrogens (tertiary/aromatic N) is 1. The minimum absolute atomic E-state index is 0.0223. The zero-order valence-electron chi connectivity index (χ0n) is 10.4. The maximum atomic E-state index is 11.3. The lowest BCUT2D eigenvalue weighted by molar-refractivity contribution is -0.119. The molecule has 1 rings (SSSR count). The first kappa shape index (κ1) is 14.9. The molecule has 0 aliphatic rings. The van der Waals surface area contributed by atoms with E-state index in [9.17, 15) is 4.79 Å². The smallest absolute Gasteiger partial charge is 0.240 e. The Kier molecular flexibility index (Phi) is 5.04. The Hall–Kier alpha value is -1.20. The molecule has 0 spiro atoms. The molecule has 1 atom stereocenters. The van der Waals surface area contributed by atoms with E-state index >= 15 is 0 Å². The highest BCUT2D eigenvalue weighted by Gasteiger charge is 2.21. The quantitative estimate of drug-likeness (QED) is 0.778. The molecule has 0 radical (unpaired) electrons. The molecule has 0 fully saturated rings. The van der Waals surface area contributed by atoms with Crippen molar-refractivity contribution in [1.82, 2.24) is 4.98 Å². The molecule has 1 aromatic rings. The summed E-state index contributed by atoms with van der Waals surface area (Å²) in [7, 11) is 1.69. The molecule has 1 amide bonds. The molecular weight excluding hydrogens is 275 g/mol. The Bertz CT molecular complexity index is 451. The summed E-state index contributed by atoms with van der Waals surface area (Å²) in [6.45, 7) is 3.76. The van der Waals surface area contributed by atoms with Crippen LogP contribution < -0.4 is 16.4 Å². The summed E-state index contributed by atoms with van der Waals surface area (Å²) >= 11 is 12.0. The molecule has 1 heterocycles. The van der Waals surface area contributed by atoms with Crippen LogP contribution in [0.3, 0.4) is 0 Å². The minimum Gasteiger partial charge on any atom is -0.372 e. The number of pyridine rings is 1. The van der Waals surface area contributed by atoms with Gasteiger partial charge in [-0.15, -0.1) is 0 Å². The number of hydrogen-bond acceptors (Lipinski definition) is 4. The Morgan fingerprint density at radius 2 is 1.89 bits per heavy atom. The van der Waals surface area contributed by atoms with Gasteiger partial charge in [0, 0.05) is 7.05 Å². The molecule has 0 aliphatic heterocycles. The van der Waals surface area contributed by atoms with Crippen molar-refractivity contribution in [2.45, 2.75) is 19.9 Å². The van der Waals surface area contributed by atoms with Gasteiger partial charge < -0.3 is 16.4 Å². The van der Waals surface area contributed by atoms with Gasteiger partial charge in [-0.25, -0.2) is 4.98 Å². The largest absolute Gasteiger partial charge is 0.372 e. The second-order valence-electron chi connectivity index (χ2n) is 4.17. The third kappa shape index (κ3) is 3.40.